The summed E-state index contributed by atoms with van der Waals surface area (Å²) < 4.78 is 0. The van der Waals surface area contributed by atoms with E-state index in [-0.39, 0.29) is 17.9 Å². The number of piperidine rings is 1. The highest BCUT2D eigenvalue weighted by Gasteiger charge is 2.25. The normalized spacial score (nSPS) is 18.1. The maximum Gasteiger partial charge on any atom is 0.223 e. The number of likely N-dealkylation sites (tertiary alicyclic amines) is 1. The fourth-order valence-corrected chi connectivity index (χ4v) is 2.84. The van der Waals surface area contributed by atoms with Gasteiger partial charge in [-0.2, -0.15) is 0 Å². The summed E-state index contributed by atoms with van der Waals surface area (Å²) in [7, 11) is 0. The lowest BCUT2D eigenvalue weighted by Gasteiger charge is -2.32. The molecule has 122 valence electrons. The summed E-state index contributed by atoms with van der Waals surface area (Å²) in [5.74, 6) is 0.275. The largest absolute Gasteiger partial charge is 0.392 e. The van der Waals surface area contributed by atoms with Crippen molar-refractivity contribution < 1.29 is 9.90 Å². The summed E-state index contributed by atoms with van der Waals surface area (Å²) in [5.41, 5.74) is 2.37. The first-order valence-electron chi connectivity index (χ1n) is 8.32. The molecule has 0 bridgehead atoms. The second-order valence-corrected chi connectivity index (χ2v) is 6.34. The van der Waals surface area contributed by atoms with E-state index in [0.717, 1.165) is 44.5 Å². The summed E-state index contributed by atoms with van der Waals surface area (Å²) in [4.78, 5) is 14.5. The first-order chi connectivity index (χ1) is 10.6. The first kappa shape index (κ1) is 17.0. The molecule has 1 atom stereocenters. The van der Waals surface area contributed by atoms with Gasteiger partial charge in [0.05, 0.1) is 6.10 Å². The molecule has 0 saturated carbocycles. The number of β-amino-alcohol motifs (C(OH)–C–C–N with tert-alkyl or cyclic N) is 1. The zero-order valence-corrected chi connectivity index (χ0v) is 13.7. The van der Waals surface area contributed by atoms with E-state index in [4.69, 9.17) is 0 Å². The molecule has 4 heteroatoms. The lowest BCUT2D eigenvalue weighted by molar-refractivity contribution is -0.126. The number of nitrogens with one attached hydrogen (secondary N) is 1. The van der Waals surface area contributed by atoms with Crippen LogP contribution in [0.1, 0.15) is 37.3 Å². The topological polar surface area (TPSA) is 52.6 Å². The number of hydrogen-bond donors (Lipinski definition) is 2. The lowest BCUT2D eigenvalue weighted by atomic mass is 9.95. The van der Waals surface area contributed by atoms with E-state index in [1.807, 2.05) is 6.92 Å². The Morgan fingerprint density at radius 2 is 1.95 bits per heavy atom. The Morgan fingerprint density at radius 1 is 1.32 bits per heavy atom. The fraction of sp³-hybridized carbons (Fsp3) is 0.611. The molecule has 0 spiro atoms. The smallest absolute Gasteiger partial charge is 0.223 e. The minimum atomic E-state index is -0.244. The second kappa shape index (κ2) is 8.30. The number of rotatable bonds is 6. The molecule has 2 rings (SSSR count). The first-order valence-corrected chi connectivity index (χ1v) is 8.32. The number of amides is 1. The van der Waals surface area contributed by atoms with Crippen LogP contribution in [0.4, 0.5) is 0 Å². The number of carbonyl (C=O) groups is 1. The van der Waals surface area contributed by atoms with Gasteiger partial charge in [0.2, 0.25) is 5.91 Å². The molecule has 1 aromatic rings. The molecule has 1 unspecified atom stereocenters. The molecule has 1 aliphatic heterocycles. The summed E-state index contributed by atoms with van der Waals surface area (Å²) in [6, 6.07) is 8.26. The van der Waals surface area contributed by atoms with Gasteiger partial charge in [-0.25, -0.2) is 0 Å². The van der Waals surface area contributed by atoms with Crippen molar-refractivity contribution >= 4 is 5.91 Å². The van der Waals surface area contributed by atoms with Crippen LogP contribution in [-0.2, 0) is 11.3 Å². The van der Waals surface area contributed by atoms with E-state index in [1.165, 1.54) is 5.56 Å². The van der Waals surface area contributed by atoms with E-state index in [2.05, 4.69) is 41.4 Å². The third-order valence-corrected chi connectivity index (χ3v) is 4.49. The van der Waals surface area contributed by atoms with Gasteiger partial charge in [-0.05, 0) is 44.8 Å². The zero-order chi connectivity index (χ0) is 15.9. The summed E-state index contributed by atoms with van der Waals surface area (Å²) >= 11 is 0. The van der Waals surface area contributed by atoms with Crippen molar-refractivity contribution in [1.29, 1.82) is 0 Å². The average molecular weight is 304 g/mol. The minimum Gasteiger partial charge on any atom is -0.392 e. The Bertz CT molecular complexity index is 464. The zero-order valence-electron chi connectivity index (χ0n) is 13.7. The van der Waals surface area contributed by atoms with Gasteiger partial charge in [0.1, 0.15) is 0 Å². The van der Waals surface area contributed by atoms with E-state index >= 15 is 0 Å². The summed E-state index contributed by atoms with van der Waals surface area (Å²) in [6.07, 6.45) is 2.32. The van der Waals surface area contributed by atoms with Crippen molar-refractivity contribution in [3.63, 3.8) is 0 Å². The quantitative estimate of drug-likeness (QED) is 0.846. The number of aryl methyl sites for hydroxylation is 1. The predicted molar refractivity (Wildman–Crippen MR) is 88.5 cm³/mol. The molecule has 4 nitrogen and oxygen atoms in total. The highest BCUT2D eigenvalue weighted by atomic mass is 16.3. The average Bonchev–Trinajstić information content (AvgIpc) is 2.54. The van der Waals surface area contributed by atoms with Crippen molar-refractivity contribution in [2.75, 3.05) is 19.6 Å². The van der Waals surface area contributed by atoms with Crippen molar-refractivity contribution in [2.45, 2.75) is 45.8 Å². The predicted octanol–water partition coefficient (Wildman–Crippen LogP) is 2.09. The number of carbonyl (C=O) groups excluding carboxylic acids is 1. The SMILES string of the molecule is CCC(O)CN1CCC(C(=O)NCc2ccc(C)cc2)CC1. The van der Waals surface area contributed by atoms with Crippen LogP contribution in [-0.4, -0.2) is 41.7 Å². The molecule has 2 N–H and O–H groups in total. The van der Waals surface area contributed by atoms with Gasteiger partial charge in [0, 0.05) is 19.0 Å². The van der Waals surface area contributed by atoms with Crippen LogP contribution in [0.15, 0.2) is 24.3 Å². The van der Waals surface area contributed by atoms with E-state index in [0.29, 0.717) is 6.54 Å². The second-order valence-electron chi connectivity index (χ2n) is 6.34. The van der Waals surface area contributed by atoms with E-state index in [9.17, 15) is 9.90 Å². The van der Waals surface area contributed by atoms with E-state index < -0.39 is 0 Å². The molecule has 1 heterocycles. The molecule has 1 aliphatic rings. The summed E-state index contributed by atoms with van der Waals surface area (Å²) in [5, 5.41) is 12.7. The monoisotopic (exact) mass is 304 g/mol. The number of aliphatic hydroxyl groups is 1. The van der Waals surface area contributed by atoms with Gasteiger partial charge in [0.25, 0.3) is 0 Å². The third kappa shape index (κ3) is 5.11. The highest BCUT2D eigenvalue weighted by molar-refractivity contribution is 5.78. The molecule has 0 radical (unpaired) electrons. The fourth-order valence-electron chi connectivity index (χ4n) is 2.84. The Labute approximate surface area is 133 Å². The van der Waals surface area contributed by atoms with Crippen LogP contribution in [0.2, 0.25) is 0 Å². The molecule has 1 saturated heterocycles. The van der Waals surface area contributed by atoms with Crippen LogP contribution in [0.3, 0.4) is 0 Å². The van der Waals surface area contributed by atoms with Gasteiger partial charge >= 0.3 is 0 Å². The molecular formula is C18H28N2O2. The van der Waals surface area contributed by atoms with Gasteiger partial charge in [0.15, 0.2) is 0 Å². The molecule has 1 aromatic carbocycles. The Balaban J connectivity index is 1.72. The Hall–Kier alpha value is -1.39. The van der Waals surface area contributed by atoms with Gasteiger partial charge in [-0.1, -0.05) is 36.8 Å². The molecular weight excluding hydrogens is 276 g/mol. The standard InChI is InChI=1S/C18H28N2O2/c1-3-17(21)13-20-10-8-16(9-11-20)18(22)19-12-15-6-4-14(2)5-7-15/h4-7,16-17,21H,3,8-13H2,1-2H3,(H,19,22). The van der Waals surface area contributed by atoms with Crippen molar-refractivity contribution in [3.05, 3.63) is 35.4 Å². The molecule has 1 amide bonds. The van der Waals surface area contributed by atoms with Gasteiger partial charge in [-0.15, -0.1) is 0 Å². The van der Waals surface area contributed by atoms with Crippen molar-refractivity contribution in [2.24, 2.45) is 5.92 Å². The summed E-state index contributed by atoms with van der Waals surface area (Å²) in [6.45, 7) is 7.20. The third-order valence-electron chi connectivity index (χ3n) is 4.49. The number of hydrogen-bond acceptors (Lipinski definition) is 3. The van der Waals surface area contributed by atoms with Crippen LogP contribution in [0, 0.1) is 12.8 Å². The lowest BCUT2D eigenvalue weighted by Crippen LogP contribution is -2.42. The van der Waals surface area contributed by atoms with Crippen LogP contribution in [0.25, 0.3) is 0 Å². The Morgan fingerprint density at radius 3 is 2.55 bits per heavy atom. The van der Waals surface area contributed by atoms with Crippen LogP contribution < -0.4 is 5.32 Å². The maximum absolute atomic E-state index is 12.2. The molecule has 0 aliphatic carbocycles. The number of aliphatic hydroxyl groups excluding tert-OH is 1. The number of benzene rings is 1. The Kier molecular flexibility index (Phi) is 6.40. The van der Waals surface area contributed by atoms with Crippen LogP contribution in [0.5, 0.6) is 0 Å². The number of nitrogens with zero attached hydrogens (tertiary/aromatic N) is 1. The van der Waals surface area contributed by atoms with Crippen LogP contribution >= 0.6 is 0 Å². The molecule has 1 fully saturated rings. The van der Waals surface area contributed by atoms with Gasteiger partial charge in [-0.3, -0.25) is 4.79 Å². The van der Waals surface area contributed by atoms with E-state index in [1.54, 1.807) is 0 Å². The highest BCUT2D eigenvalue weighted by Crippen LogP contribution is 2.18. The van der Waals surface area contributed by atoms with Crippen molar-refractivity contribution in [1.82, 2.24) is 10.2 Å². The molecule has 22 heavy (non-hydrogen) atoms. The van der Waals surface area contributed by atoms with Crippen molar-refractivity contribution in [3.8, 4) is 0 Å². The molecule has 0 aromatic heterocycles. The minimum absolute atomic E-state index is 0.112. The van der Waals surface area contributed by atoms with Gasteiger partial charge < -0.3 is 15.3 Å². The maximum atomic E-state index is 12.2.